The third-order valence-electron chi connectivity index (χ3n) is 4.12. The summed E-state index contributed by atoms with van der Waals surface area (Å²) in [7, 11) is 0. The second-order valence-corrected chi connectivity index (χ2v) is 5.67. The van der Waals surface area contributed by atoms with Gasteiger partial charge in [0.1, 0.15) is 5.52 Å². The number of fused-ring (bicyclic) bond motifs is 1. The lowest BCUT2D eigenvalue weighted by atomic mass is 10.2. The molecule has 7 heteroatoms. The molecule has 0 saturated carbocycles. The number of amides is 1. The fourth-order valence-corrected chi connectivity index (χ4v) is 2.78. The average Bonchev–Trinajstić information content (AvgIpc) is 3.01. The summed E-state index contributed by atoms with van der Waals surface area (Å²) in [6.07, 6.45) is 0.944. The quantitative estimate of drug-likeness (QED) is 0.802. The number of carbonyl (C=O) groups is 1. The Balaban J connectivity index is 1.49. The van der Waals surface area contributed by atoms with E-state index in [2.05, 4.69) is 20.5 Å². The minimum absolute atomic E-state index is 0.0556. The summed E-state index contributed by atoms with van der Waals surface area (Å²) in [4.78, 5) is 14.6. The molecule has 1 amide bonds. The van der Waals surface area contributed by atoms with E-state index in [1.165, 1.54) is 0 Å². The molecule has 1 aromatic heterocycles. The van der Waals surface area contributed by atoms with E-state index < -0.39 is 0 Å². The van der Waals surface area contributed by atoms with E-state index in [1.54, 1.807) is 6.07 Å². The molecule has 3 rings (SSSR count). The number of hydrogen-bond acceptors (Lipinski definition) is 5. The number of morpholine rings is 1. The number of aryl methyl sites for hydroxylation is 1. The Labute approximate surface area is 135 Å². The first kappa shape index (κ1) is 15.9. The van der Waals surface area contributed by atoms with Crippen LogP contribution in [0.15, 0.2) is 18.2 Å². The third kappa shape index (κ3) is 3.86. The van der Waals surface area contributed by atoms with Crippen LogP contribution in [0.2, 0.25) is 0 Å². The van der Waals surface area contributed by atoms with Crippen molar-refractivity contribution >= 4 is 16.9 Å². The van der Waals surface area contributed by atoms with Crippen LogP contribution in [0.1, 0.15) is 23.7 Å². The van der Waals surface area contributed by atoms with Crippen LogP contribution >= 0.6 is 0 Å². The molecule has 7 nitrogen and oxygen atoms in total. The van der Waals surface area contributed by atoms with Gasteiger partial charge in [0, 0.05) is 31.7 Å². The molecule has 0 unspecified atom stereocenters. The first-order valence-electron chi connectivity index (χ1n) is 8.19. The fraction of sp³-hybridized carbons (Fsp3) is 0.562. The van der Waals surface area contributed by atoms with Gasteiger partial charge >= 0.3 is 0 Å². The van der Waals surface area contributed by atoms with Crippen molar-refractivity contribution in [2.45, 2.75) is 19.9 Å². The Morgan fingerprint density at radius 3 is 2.96 bits per heavy atom. The number of nitrogens with one attached hydrogen (secondary N) is 1. The average molecular weight is 317 g/mol. The SMILES string of the molecule is CCn1nnc2cc(C(=O)NCCCN3CCOCC3)ccc21. The highest BCUT2D eigenvalue weighted by Crippen LogP contribution is 2.13. The Morgan fingerprint density at radius 2 is 2.17 bits per heavy atom. The second kappa shape index (κ2) is 7.52. The van der Waals surface area contributed by atoms with Crippen molar-refractivity contribution < 1.29 is 9.53 Å². The predicted molar refractivity (Wildman–Crippen MR) is 87.4 cm³/mol. The molecule has 0 radical (unpaired) electrons. The second-order valence-electron chi connectivity index (χ2n) is 5.67. The maximum absolute atomic E-state index is 12.2. The van der Waals surface area contributed by atoms with Gasteiger partial charge in [-0.05, 0) is 38.1 Å². The molecule has 0 spiro atoms. The van der Waals surface area contributed by atoms with Crippen LogP contribution in [0.5, 0.6) is 0 Å². The molecule has 0 atom stereocenters. The van der Waals surface area contributed by atoms with Gasteiger partial charge in [-0.15, -0.1) is 5.10 Å². The number of aromatic nitrogens is 3. The highest BCUT2D eigenvalue weighted by atomic mass is 16.5. The molecule has 1 saturated heterocycles. The summed E-state index contributed by atoms with van der Waals surface area (Å²) < 4.78 is 7.14. The van der Waals surface area contributed by atoms with E-state index in [-0.39, 0.29) is 5.91 Å². The predicted octanol–water partition coefficient (Wildman–Crippen LogP) is 0.903. The fourth-order valence-electron chi connectivity index (χ4n) is 2.78. The van der Waals surface area contributed by atoms with Crippen LogP contribution in [0.3, 0.4) is 0 Å². The molecule has 1 fully saturated rings. The van der Waals surface area contributed by atoms with Crippen molar-refractivity contribution in [1.82, 2.24) is 25.2 Å². The molecule has 1 aromatic carbocycles. The first-order chi connectivity index (χ1) is 11.3. The first-order valence-corrected chi connectivity index (χ1v) is 8.19. The standard InChI is InChI=1S/C16H23N5O2/c1-2-21-15-5-4-13(12-14(15)18-19-21)16(22)17-6-3-7-20-8-10-23-11-9-20/h4-5,12H,2-3,6-11H2,1H3,(H,17,22). The van der Waals surface area contributed by atoms with Gasteiger partial charge in [0.15, 0.2) is 0 Å². The van der Waals surface area contributed by atoms with Gasteiger partial charge in [-0.25, -0.2) is 4.68 Å². The number of benzene rings is 1. The maximum atomic E-state index is 12.2. The molecular weight excluding hydrogens is 294 g/mol. The lowest BCUT2D eigenvalue weighted by molar-refractivity contribution is 0.0374. The third-order valence-corrected chi connectivity index (χ3v) is 4.12. The topological polar surface area (TPSA) is 72.3 Å². The zero-order chi connectivity index (χ0) is 16.1. The van der Waals surface area contributed by atoms with E-state index in [4.69, 9.17) is 4.74 Å². The molecular formula is C16H23N5O2. The van der Waals surface area contributed by atoms with Crippen molar-refractivity contribution in [2.24, 2.45) is 0 Å². The number of hydrogen-bond donors (Lipinski definition) is 1. The normalized spacial score (nSPS) is 15.9. The maximum Gasteiger partial charge on any atom is 0.251 e. The van der Waals surface area contributed by atoms with Crippen LogP contribution < -0.4 is 5.32 Å². The molecule has 124 valence electrons. The molecule has 2 aromatic rings. The Hall–Kier alpha value is -1.99. The van der Waals surface area contributed by atoms with Crippen molar-refractivity contribution in [3.63, 3.8) is 0 Å². The molecule has 23 heavy (non-hydrogen) atoms. The van der Waals surface area contributed by atoms with Crippen LogP contribution in [-0.2, 0) is 11.3 Å². The van der Waals surface area contributed by atoms with E-state index in [1.807, 2.05) is 23.7 Å². The van der Waals surface area contributed by atoms with E-state index >= 15 is 0 Å². The van der Waals surface area contributed by atoms with Crippen molar-refractivity contribution in [3.8, 4) is 0 Å². The summed E-state index contributed by atoms with van der Waals surface area (Å²) in [5.41, 5.74) is 2.34. The van der Waals surface area contributed by atoms with Gasteiger partial charge in [-0.3, -0.25) is 9.69 Å². The Morgan fingerprint density at radius 1 is 1.35 bits per heavy atom. The van der Waals surface area contributed by atoms with Gasteiger partial charge in [0.25, 0.3) is 5.91 Å². The molecule has 1 aliphatic heterocycles. The Bertz CT molecular complexity index is 664. The smallest absolute Gasteiger partial charge is 0.251 e. The van der Waals surface area contributed by atoms with Gasteiger partial charge in [0.2, 0.25) is 0 Å². The van der Waals surface area contributed by atoms with Crippen molar-refractivity contribution in [1.29, 1.82) is 0 Å². The van der Waals surface area contributed by atoms with Gasteiger partial charge < -0.3 is 10.1 Å². The number of carbonyl (C=O) groups excluding carboxylic acids is 1. The van der Waals surface area contributed by atoms with Crippen molar-refractivity contribution in [3.05, 3.63) is 23.8 Å². The minimum atomic E-state index is -0.0556. The summed E-state index contributed by atoms with van der Waals surface area (Å²) in [5, 5.41) is 11.1. The molecule has 0 bridgehead atoms. The van der Waals surface area contributed by atoms with Crippen LogP contribution in [0, 0.1) is 0 Å². The minimum Gasteiger partial charge on any atom is -0.379 e. The van der Waals surface area contributed by atoms with Gasteiger partial charge in [-0.2, -0.15) is 0 Å². The number of rotatable bonds is 6. The number of ether oxygens (including phenoxy) is 1. The molecule has 0 aliphatic carbocycles. The lowest BCUT2D eigenvalue weighted by Crippen LogP contribution is -2.38. The van der Waals surface area contributed by atoms with Crippen LogP contribution in [0.4, 0.5) is 0 Å². The van der Waals surface area contributed by atoms with Crippen LogP contribution in [0.25, 0.3) is 11.0 Å². The van der Waals surface area contributed by atoms with E-state index in [9.17, 15) is 4.79 Å². The van der Waals surface area contributed by atoms with E-state index in [0.717, 1.165) is 56.8 Å². The molecule has 2 heterocycles. The summed E-state index contributed by atoms with van der Waals surface area (Å²) in [6, 6.07) is 5.53. The highest BCUT2D eigenvalue weighted by Gasteiger charge is 2.11. The molecule has 1 aliphatic rings. The Kier molecular flexibility index (Phi) is 5.19. The summed E-state index contributed by atoms with van der Waals surface area (Å²) in [5.74, 6) is -0.0556. The van der Waals surface area contributed by atoms with Crippen molar-refractivity contribution in [2.75, 3.05) is 39.4 Å². The zero-order valence-corrected chi connectivity index (χ0v) is 13.5. The van der Waals surface area contributed by atoms with Gasteiger partial charge in [-0.1, -0.05) is 5.21 Å². The molecule has 1 N–H and O–H groups in total. The largest absolute Gasteiger partial charge is 0.379 e. The zero-order valence-electron chi connectivity index (χ0n) is 13.5. The lowest BCUT2D eigenvalue weighted by Gasteiger charge is -2.26. The summed E-state index contributed by atoms with van der Waals surface area (Å²) >= 11 is 0. The number of nitrogens with zero attached hydrogens (tertiary/aromatic N) is 4. The summed E-state index contributed by atoms with van der Waals surface area (Å²) in [6.45, 7) is 8.04. The highest BCUT2D eigenvalue weighted by molar-refractivity contribution is 5.97. The van der Waals surface area contributed by atoms with Crippen LogP contribution in [-0.4, -0.2) is 65.2 Å². The van der Waals surface area contributed by atoms with Gasteiger partial charge in [0.05, 0.1) is 18.7 Å². The van der Waals surface area contributed by atoms with E-state index in [0.29, 0.717) is 12.1 Å². The monoisotopic (exact) mass is 317 g/mol.